The highest BCUT2D eigenvalue weighted by atomic mass is 16.1. The van der Waals surface area contributed by atoms with Gasteiger partial charge >= 0.3 is 0 Å². The molecule has 0 unspecified atom stereocenters. The Morgan fingerprint density at radius 2 is 1.92 bits per heavy atom. The van der Waals surface area contributed by atoms with Crippen molar-refractivity contribution in [3.05, 3.63) is 60.4 Å². The number of carbonyl (C=O) groups excluding carboxylic acids is 1. The monoisotopic (exact) mass is 334 g/mol. The highest BCUT2D eigenvalue weighted by Gasteiger charge is 2.12. The predicted molar refractivity (Wildman–Crippen MR) is 100 cm³/mol. The molecule has 0 spiro atoms. The number of para-hydroxylation sites is 1. The lowest BCUT2D eigenvalue weighted by Gasteiger charge is -2.14. The lowest BCUT2D eigenvalue weighted by molar-refractivity contribution is 0.0951. The Bertz CT molecular complexity index is 864. The first-order valence-corrected chi connectivity index (χ1v) is 8.46. The topological polar surface area (TPSA) is 58.1 Å². The van der Waals surface area contributed by atoms with Gasteiger partial charge in [0.05, 0.1) is 16.8 Å². The summed E-state index contributed by atoms with van der Waals surface area (Å²) in [6.07, 6.45) is 3.48. The number of nitrogens with one attached hydrogen (secondary N) is 1. The first kappa shape index (κ1) is 17.0. The van der Waals surface area contributed by atoms with E-state index in [0.717, 1.165) is 35.2 Å². The van der Waals surface area contributed by atoms with Gasteiger partial charge in [0.15, 0.2) is 0 Å². The summed E-state index contributed by atoms with van der Waals surface area (Å²) in [6.45, 7) is 4.49. The van der Waals surface area contributed by atoms with Crippen molar-refractivity contribution in [2.75, 3.05) is 26.7 Å². The van der Waals surface area contributed by atoms with E-state index in [1.54, 1.807) is 12.4 Å². The van der Waals surface area contributed by atoms with Crippen molar-refractivity contribution in [3.8, 4) is 11.3 Å². The van der Waals surface area contributed by atoms with E-state index in [4.69, 9.17) is 4.98 Å². The molecular formula is C20H22N4O. The lowest BCUT2D eigenvalue weighted by atomic mass is 10.1. The standard InChI is InChI=1S/C20H22N4O/c1-3-24(2)14-13-22-20(25)17-6-4-5-16-7-8-18(23-19(16)17)15-9-11-21-12-10-15/h4-12H,3,13-14H2,1-2H3,(H,22,25). The summed E-state index contributed by atoms with van der Waals surface area (Å²) in [5, 5.41) is 3.94. The van der Waals surface area contributed by atoms with Crippen LogP contribution in [0.5, 0.6) is 0 Å². The molecule has 0 aliphatic heterocycles. The van der Waals surface area contributed by atoms with Gasteiger partial charge in [0.1, 0.15) is 0 Å². The summed E-state index contributed by atoms with van der Waals surface area (Å²) < 4.78 is 0. The molecule has 0 radical (unpaired) electrons. The van der Waals surface area contributed by atoms with E-state index in [1.165, 1.54) is 0 Å². The van der Waals surface area contributed by atoms with Crippen LogP contribution in [0.25, 0.3) is 22.2 Å². The molecule has 5 nitrogen and oxygen atoms in total. The van der Waals surface area contributed by atoms with Crippen LogP contribution in [-0.4, -0.2) is 47.5 Å². The maximum absolute atomic E-state index is 12.6. The van der Waals surface area contributed by atoms with Gasteiger partial charge < -0.3 is 10.2 Å². The zero-order valence-corrected chi connectivity index (χ0v) is 14.6. The van der Waals surface area contributed by atoms with Gasteiger partial charge in [-0.1, -0.05) is 25.1 Å². The smallest absolute Gasteiger partial charge is 0.253 e. The molecule has 0 aliphatic rings. The van der Waals surface area contributed by atoms with Gasteiger partial charge in [-0.15, -0.1) is 0 Å². The lowest BCUT2D eigenvalue weighted by Crippen LogP contribution is -2.33. The second-order valence-corrected chi connectivity index (χ2v) is 5.96. The number of rotatable bonds is 6. The highest BCUT2D eigenvalue weighted by Crippen LogP contribution is 2.22. The van der Waals surface area contributed by atoms with Crippen LogP contribution in [0.2, 0.25) is 0 Å². The van der Waals surface area contributed by atoms with Crippen molar-refractivity contribution in [2.24, 2.45) is 0 Å². The first-order chi connectivity index (χ1) is 12.2. The second kappa shape index (κ2) is 7.85. The zero-order valence-electron chi connectivity index (χ0n) is 14.6. The van der Waals surface area contributed by atoms with Crippen molar-refractivity contribution in [2.45, 2.75) is 6.92 Å². The number of fused-ring (bicyclic) bond motifs is 1. The van der Waals surface area contributed by atoms with E-state index in [1.807, 2.05) is 49.5 Å². The van der Waals surface area contributed by atoms with Gasteiger partial charge in [0, 0.05) is 36.4 Å². The quantitative estimate of drug-likeness (QED) is 0.753. The first-order valence-electron chi connectivity index (χ1n) is 8.46. The van der Waals surface area contributed by atoms with Crippen molar-refractivity contribution in [1.29, 1.82) is 0 Å². The van der Waals surface area contributed by atoms with Crippen LogP contribution in [0.1, 0.15) is 17.3 Å². The summed E-state index contributed by atoms with van der Waals surface area (Å²) in [5.74, 6) is -0.0884. The van der Waals surface area contributed by atoms with E-state index in [2.05, 4.69) is 22.1 Å². The molecule has 0 saturated carbocycles. The maximum Gasteiger partial charge on any atom is 0.253 e. The Labute approximate surface area is 147 Å². The molecule has 0 saturated heterocycles. The fourth-order valence-corrected chi connectivity index (χ4v) is 2.63. The Morgan fingerprint density at radius 3 is 2.68 bits per heavy atom. The minimum Gasteiger partial charge on any atom is -0.351 e. The summed E-state index contributed by atoms with van der Waals surface area (Å²) in [7, 11) is 2.03. The number of hydrogen-bond acceptors (Lipinski definition) is 4. The molecule has 0 fully saturated rings. The van der Waals surface area contributed by atoms with E-state index in [-0.39, 0.29) is 5.91 Å². The van der Waals surface area contributed by atoms with Crippen LogP contribution in [0, 0.1) is 0 Å². The molecule has 0 aliphatic carbocycles. The predicted octanol–water partition coefficient (Wildman–Crippen LogP) is 2.98. The van der Waals surface area contributed by atoms with Gasteiger partial charge in [-0.05, 0) is 37.9 Å². The molecule has 3 rings (SSSR count). The molecular weight excluding hydrogens is 312 g/mol. The number of likely N-dealkylation sites (N-methyl/N-ethyl adjacent to an activating group) is 1. The summed E-state index contributed by atoms with van der Waals surface area (Å²) in [4.78, 5) is 23.5. The number of nitrogens with zero attached hydrogens (tertiary/aromatic N) is 3. The van der Waals surface area contributed by atoms with E-state index >= 15 is 0 Å². The normalized spacial score (nSPS) is 11.0. The Morgan fingerprint density at radius 1 is 1.12 bits per heavy atom. The SMILES string of the molecule is CCN(C)CCNC(=O)c1cccc2ccc(-c3ccncc3)nc12. The average Bonchev–Trinajstić information content (AvgIpc) is 2.67. The molecule has 2 heterocycles. The Kier molecular flexibility index (Phi) is 5.36. The summed E-state index contributed by atoms with van der Waals surface area (Å²) >= 11 is 0. The molecule has 1 aromatic carbocycles. The minimum atomic E-state index is -0.0884. The van der Waals surface area contributed by atoms with Crippen LogP contribution in [-0.2, 0) is 0 Å². The van der Waals surface area contributed by atoms with E-state index in [9.17, 15) is 4.79 Å². The summed E-state index contributed by atoms with van der Waals surface area (Å²) in [5.41, 5.74) is 3.14. The number of aromatic nitrogens is 2. The zero-order chi connectivity index (χ0) is 17.6. The molecule has 1 amide bonds. The van der Waals surface area contributed by atoms with Gasteiger partial charge in [0.25, 0.3) is 5.91 Å². The number of benzene rings is 1. The second-order valence-electron chi connectivity index (χ2n) is 5.96. The minimum absolute atomic E-state index is 0.0884. The largest absolute Gasteiger partial charge is 0.351 e. The average molecular weight is 334 g/mol. The van der Waals surface area contributed by atoms with E-state index in [0.29, 0.717) is 12.1 Å². The molecule has 5 heteroatoms. The molecule has 1 N–H and O–H groups in total. The highest BCUT2D eigenvalue weighted by molar-refractivity contribution is 6.05. The maximum atomic E-state index is 12.6. The molecule has 3 aromatic rings. The fourth-order valence-electron chi connectivity index (χ4n) is 2.63. The Balaban J connectivity index is 1.88. The third-order valence-corrected chi connectivity index (χ3v) is 4.26. The van der Waals surface area contributed by atoms with Crippen LogP contribution in [0.3, 0.4) is 0 Å². The van der Waals surface area contributed by atoms with Crippen LogP contribution in [0.4, 0.5) is 0 Å². The third-order valence-electron chi connectivity index (χ3n) is 4.26. The molecule has 0 bridgehead atoms. The third kappa shape index (κ3) is 4.00. The van der Waals surface area contributed by atoms with Gasteiger partial charge in [-0.3, -0.25) is 9.78 Å². The number of amides is 1. The molecule has 0 atom stereocenters. The fraction of sp³-hybridized carbons (Fsp3) is 0.250. The molecule has 128 valence electrons. The van der Waals surface area contributed by atoms with Crippen molar-refractivity contribution in [3.63, 3.8) is 0 Å². The number of hydrogen-bond donors (Lipinski definition) is 1. The Hall–Kier alpha value is -2.79. The van der Waals surface area contributed by atoms with Crippen molar-refractivity contribution in [1.82, 2.24) is 20.2 Å². The summed E-state index contributed by atoms with van der Waals surface area (Å²) in [6, 6.07) is 13.5. The van der Waals surface area contributed by atoms with Crippen LogP contribution in [0.15, 0.2) is 54.9 Å². The van der Waals surface area contributed by atoms with Gasteiger partial charge in [-0.2, -0.15) is 0 Å². The molecule has 25 heavy (non-hydrogen) atoms. The van der Waals surface area contributed by atoms with Crippen molar-refractivity contribution >= 4 is 16.8 Å². The van der Waals surface area contributed by atoms with Crippen molar-refractivity contribution < 1.29 is 4.79 Å². The number of pyridine rings is 2. The van der Waals surface area contributed by atoms with Crippen LogP contribution < -0.4 is 5.32 Å². The number of carbonyl (C=O) groups is 1. The van der Waals surface area contributed by atoms with Gasteiger partial charge in [0.2, 0.25) is 0 Å². The molecule has 2 aromatic heterocycles. The van der Waals surface area contributed by atoms with Gasteiger partial charge in [-0.25, -0.2) is 4.98 Å². The van der Waals surface area contributed by atoms with Crippen LogP contribution >= 0.6 is 0 Å². The van der Waals surface area contributed by atoms with E-state index < -0.39 is 0 Å².